The number of aromatic carboxylic acids is 1. The maximum Gasteiger partial charge on any atom is 0.336 e. The van der Waals surface area contributed by atoms with Gasteiger partial charge < -0.3 is 5.11 Å². The highest BCUT2D eigenvalue weighted by Gasteiger charge is 2.24. The van der Waals surface area contributed by atoms with E-state index in [-0.39, 0.29) is 5.56 Å². The Morgan fingerprint density at radius 2 is 2.08 bits per heavy atom. The Hall–Kier alpha value is -1.98. The van der Waals surface area contributed by atoms with Gasteiger partial charge in [-0.3, -0.25) is 4.90 Å². The Bertz CT molecular complexity index is 743. The minimum absolute atomic E-state index is 0.284. The fraction of sp³-hybridized carbons (Fsp3) is 0.389. The summed E-state index contributed by atoms with van der Waals surface area (Å²) >= 11 is 6.22. The van der Waals surface area contributed by atoms with Crippen molar-refractivity contribution in [2.24, 2.45) is 0 Å². The Labute approximate surface area is 146 Å². The Balaban J connectivity index is 1.67. The van der Waals surface area contributed by atoms with Gasteiger partial charge in [-0.25, -0.2) is 14.8 Å². The van der Waals surface area contributed by atoms with E-state index in [0.717, 1.165) is 37.4 Å². The maximum atomic E-state index is 11.4. The molecule has 24 heavy (non-hydrogen) atoms. The van der Waals surface area contributed by atoms with Gasteiger partial charge in [-0.1, -0.05) is 17.7 Å². The molecule has 2 heterocycles. The number of benzene rings is 1. The van der Waals surface area contributed by atoms with Gasteiger partial charge in [-0.15, -0.1) is 0 Å². The predicted molar refractivity (Wildman–Crippen MR) is 92.4 cm³/mol. The maximum absolute atomic E-state index is 11.4. The minimum Gasteiger partial charge on any atom is -0.478 e. The summed E-state index contributed by atoms with van der Waals surface area (Å²) in [6.07, 6.45) is 3.75. The first-order valence-corrected chi connectivity index (χ1v) is 8.45. The van der Waals surface area contributed by atoms with Gasteiger partial charge in [0.05, 0.1) is 5.56 Å². The zero-order valence-corrected chi connectivity index (χ0v) is 14.3. The highest BCUT2D eigenvalue weighted by atomic mass is 35.5. The quantitative estimate of drug-likeness (QED) is 0.918. The lowest BCUT2D eigenvalue weighted by Crippen LogP contribution is -2.33. The highest BCUT2D eigenvalue weighted by Crippen LogP contribution is 2.28. The van der Waals surface area contributed by atoms with Gasteiger partial charge in [-0.05, 0) is 56.6 Å². The molecule has 0 unspecified atom stereocenters. The summed E-state index contributed by atoms with van der Waals surface area (Å²) in [5, 5.41) is 9.86. The molecule has 1 aliphatic rings. The van der Waals surface area contributed by atoms with Crippen LogP contribution in [-0.2, 0) is 6.54 Å². The lowest BCUT2D eigenvalue weighted by molar-refractivity contribution is 0.0694. The molecule has 0 radical (unpaired) electrons. The summed E-state index contributed by atoms with van der Waals surface area (Å²) < 4.78 is 0. The van der Waals surface area contributed by atoms with E-state index in [4.69, 9.17) is 11.6 Å². The summed E-state index contributed by atoms with van der Waals surface area (Å²) in [5.41, 5.74) is 1.97. The molecule has 1 aromatic heterocycles. The van der Waals surface area contributed by atoms with Crippen molar-refractivity contribution in [2.75, 3.05) is 13.1 Å². The molecule has 1 saturated heterocycles. The van der Waals surface area contributed by atoms with Crippen molar-refractivity contribution in [3.8, 4) is 0 Å². The van der Waals surface area contributed by atoms with Crippen LogP contribution in [0.3, 0.4) is 0 Å². The molecule has 5 nitrogen and oxygen atoms in total. The number of rotatable bonds is 4. The van der Waals surface area contributed by atoms with Gasteiger partial charge >= 0.3 is 5.97 Å². The van der Waals surface area contributed by atoms with E-state index < -0.39 is 5.97 Å². The number of halogens is 1. The van der Waals surface area contributed by atoms with Crippen LogP contribution in [0.2, 0.25) is 5.02 Å². The molecule has 1 aliphatic heterocycles. The molecule has 3 rings (SSSR count). The first kappa shape index (κ1) is 16.9. The molecule has 6 heteroatoms. The van der Waals surface area contributed by atoms with Crippen LogP contribution in [0.5, 0.6) is 0 Å². The van der Waals surface area contributed by atoms with Crippen molar-refractivity contribution in [1.29, 1.82) is 0 Å². The van der Waals surface area contributed by atoms with Crippen molar-refractivity contribution in [2.45, 2.75) is 32.2 Å². The van der Waals surface area contributed by atoms with Crippen LogP contribution in [0, 0.1) is 6.92 Å². The summed E-state index contributed by atoms with van der Waals surface area (Å²) in [6.45, 7) is 4.30. The van der Waals surface area contributed by atoms with E-state index in [9.17, 15) is 9.90 Å². The van der Waals surface area contributed by atoms with Crippen molar-refractivity contribution in [3.63, 3.8) is 0 Å². The van der Waals surface area contributed by atoms with Gasteiger partial charge in [-0.2, -0.15) is 0 Å². The number of piperidine rings is 1. The molecule has 0 saturated carbocycles. The minimum atomic E-state index is -0.935. The normalized spacial score (nSPS) is 16.2. The number of nitrogens with zero attached hydrogens (tertiary/aromatic N) is 3. The van der Waals surface area contributed by atoms with Crippen LogP contribution in [0.15, 0.2) is 30.5 Å². The van der Waals surface area contributed by atoms with Crippen LogP contribution < -0.4 is 0 Å². The van der Waals surface area contributed by atoms with Crippen molar-refractivity contribution in [1.82, 2.24) is 14.9 Å². The average molecular weight is 346 g/mol. The first-order chi connectivity index (χ1) is 11.5. The smallest absolute Gasteiger partial charge is 0.336 e. The predicted octanol–water partition coefficient (Wildman–Crippen LogP) is 3.52. The molecule has 0 spiro atoms. The molecule has 1 fully saturated rings. The van der Waals surface area contributed by atoms with E-state index in [2.05, 4.69) is 14.9 Å². The van der Waals surface area contributed by atoms with Crippen LogP contribution in [0.25, 0.3) is 0 Å². The third-order valence-corrected chi connectivity index (χ3v) is 4.85. The van der Waals surface area contributed by atoms with Gasteiger partial charge in [0.15, 0.2) is 0 Å². The number of likely N-dealkylation sites (tertiary alicyclic amines) is 1. The van der Waals surface area contributed by atoms with E-state index in [1.54, 1.807) is 18.2 Å². The topological polar surface area (TPSA) is 66.3 Å². The standard InChI is InChI=1S/C18H20ClN3O2/c1-12-5-8-20-17(21-12)13-6-9-22(10-7-13)11-15-14(18(23)24)3-2-4-16(15)19/h2-5,8,13H,6-7,9-11H2,1H3,(H,23,24). The van der Waals surface area contributed by atoms with Gasteiger partial charge in [0.1, 0.15) is 5.82 Å². The van der Waals surface area contributed by atoms with Crippen molar-refractivity contribution in [3.05, 3.63) is 58.1 Å². The second-order valence-corrected chi connectivity index (χ2v) is 6.58. The van der Waals surface area contributed by atoms with Crippen LogP contribution in [0.4, 0.5) is 0 Å². The van der Waals surface area contributed by atoms with E-state index in [1.165, 1.54) is 0 Å². The summed E-state index contributed by atoms with van der Waals surface area (Å²) in [4.78, 5) is 22.6. The Morgan fingerprint density at radius 1 is 1.33 bits per heavy atom. The van der Waals surface area contributed by atoms with Crippen LogP contribution >= 0.6 is 11.6 Å². The zero-order valence-electron chi connectivity index (χ0n) is 13.6. The second kappa shape index (κ2) is 7.28. The average Bonchev–Trinajstić information content (AvgIpc) is 2.57. The summed E-state index contributed by atoms with van der Waals surface area (Å²) in [7, 11) is 0. The van der Waals surface area contributed by atoms with Crippen LogP contribution in [-0.4, -0.2) is 39.0 Å². The third-order valence-electron chi connectivity index (χ3n) is 4.50. The number of aromatic nitrogens is 2. The Kier molecular flexibility index (Phi) is 5.11. The molecule has 2 aromatic rings. The van der Waals surface area contributed by atoms with Gasteiger partial charge in [0, 0.05) is 29.4 Å². The van der Waals surface area contributed by atoms with Gasteiger partial charge in [0.2, 0.25) is 0 Å². The van der Waals surface area contributed by atoms with E-state index in [1.807, 2.05) is 19.2 Å². The molecule has 0 amide bonds. The molecule has 1 aromatic carbocycles. The molecule has 1 N–H and O–H groups in total. The molecular weight excluding hydrogens is 326 g/mol. The number of hydrogen-bond donors (Lipinski definition) is 1. The molecular formula is C18H20ClN3O2. The third kappa shape index (κ3) is 3.74. The van der Waals surface area contributed by atoms with E-state index in [0.29, 0.717) is 23.0 Å². The fourth-order valence-corrected chi connectivity index (χ4v) is 3.39. The molecule has 0 aliphatic carbocycles. The van der Waals surface area contributed by atoms with Crippen molar-refractivity contribution >= 4 is 17.6 Å². The van der Waals surface area contributed by atoms with Crippen LogP contribution in [0.1, 0.15) is 46.2 Å². The van der Waals surface area contributed by atoms with Crippen molar-refractivity contribution < 1.29 is 9.90 Å². The molecule has 0 bridgehead atoms. The number of hydrogen-bond acceptors (Lipinski definition) is 4. The Morgan fingerprint density at radius 3 is 2.75 bits per heavy atom. The largest absolute Gasteiger partial charge is 0.478 e. The highest BCUT2D eigenvalue weighted by molar-refractivity contribution is 6.31. The number of carbonyl (C=O) groups is 1. The molecule has 0 atom stereocenters. The number of carboxylic acids is 1. The lowest BCUT2D eigenvalue weighted by Gasteiger charge is -2.31. The molecule has 126 valence electrons. The first-order valence-electron chi connectivity index (χ1n) is 8.07. The summed E-state index contributed by atoms with van der Waals surface area (Å²) in [6, 6.07) is 6.94. The fourth-order valence-electron chi connectivity index (χ4n) is 3.16. The monoisotopic (exact) mass is 345 g/mol. The lowest BCUT2D eigenvalue weighted by atomic mass is 9.95. The zero-order chi connectivity index (χ0) is 17.1. The summed E-state index contributed by atoms with van der Waals surface area (Å²) in [5.74, 6) is 0.348. The number of aryl methyl sites for hydroxylation is 1. The number of carboxylic acid groups (broad SMARTS) is 1. The van der Waals surface area contributed by atoms with Gasteiger partial charge in [0.25, 0.3) is 0 Å². The second-order valence-electron chi connectivity index (χ2n) is 6.18. The van der Waals surface area contributed by atoms with E-state index >= 15 is 0 Å². The SMILES string of the molecule is Cc1ccnc(C2CCN(Cc3c(Cl)cccc3C(=O)O)CC2)n1.